The number of hydrogen-bond donors (Lipinski definition) is 0. The first kappa shape index (κ1) is 13.5. The molecule has 4 heteroatoms. The van der Waals surface area contributed by atoms with Crippen LogP contribution >= 0.6 is 12.9 Å². The molecule has 0 amide bonds. The van der Waals surface area contributed by atoms with E-state index in [4.69, 9.17) is 0 Å². The van der Waals surface area contributed by atoms with Gasteiger partial charge in [-0.3, -0.25) is 22.7 Å². The molecule has 1 aromatic carbocycles. The van der Waals surface area contributed by atoms with Gasteiger partial charge in [-0.2, -0.15) is 3.69 Å². The Morgan fingerprint density at radius 3 is 1.80 bits per heavy atom. The zero-order chi connectivity index (χ0) is 11.4. The molecular weight excluding hydrogens is 264 g/mol. The summed E-state index contributed by atoms with van der Waals surface area (Å²) >= 11 is 3.39. The fraction of sp³-hybridized carbons (Fsp3) is 0.455. The van der Waals surface area contributed by atoms with E-state index in [2.05, 4.69) is 75.1 Å². The SMILES string of the molecule is CN(C)C(c1cc[c]([Mg][Br])cc1)N(C)C. The van der Waals surface area contributed by atoms with Crippen LogP contribution in [0.15, 0.2) is 24.3 Å². The molecule has 0 aromatic heterocycles. The lowest BCUT2D eigenvalue weighted by Crippen LogP contribution is -2.32. The largest absolute Gasteiger partial charge is 0.506 e. The first-order valence-corrected chi connectivity index (χ1v) is 9.64. The van der Waals surface area contributed by atoms with Gasteiger partial charge in [-0.15, -0.1) is 0 Å². The zero-order valence-corrected chi connectivity index (χ0v) is 12.9. The van der Waals surface area contributed by atoms with Crippen molar-refractivity contribution >= 4 is 34.8 Å². The van der Waals surface area contributed by atoms with E-state index in [0.29, 0.717) is 6.17 Å². The van der Waals surface area contributed by atoms with Gasteiger partial charge in [-0.25, -0.2) is 0 Å². The predicted molar refractivity (Wildman–Crippen MR) is 70.9 cm³/mol. The highest BCUT2D eigenvalue weighted by molar-refractivity contribution is 9.23. The molecule has 2 nitrogen and oxygen atoms in total. The molecule has 0 N–H and O–H groups in total. The van der Waals surface area contributed by atoms with Crippen LogP contribution < -0.4 is 3.69 Å². The van der Waals surface area contributed by atoms with E-state index in [1.165, 1.54) is 9.26 Å². The second-order valence-corrected chi connectivity index (χ2v) is 6.94. The van der Waals surface area contributed by atoms with Gasteiger partial charge in [0.15, 0.2) is 0 Å². The summed E-state index contributed by atoms with van der Waals surface area (Å²) in [7, 11) is 8.44. The van der Waals surface area contributed by atoms with E-state index in [0.717, 1.165) is 0 Å². The van der Waals surface area contributed by atoms with Crippen LogP contribution in [0.3, 0.4) is 0 Å². The molecule has 0 saturated carbocycles. The van der Waals surface area contributed by atoms with Crippen molar-refractivity contribution in [2.75, 3.05) is 28.2 Å². The lowest BCUT2D eigenvalue weighted by atomic mass is 10.1. The van der Waals surface area contributed by atoms with Crippen molar-refractivity contribution in [3.63, 3.8) is 0 Å². The average Bonchev–Trinajstić information content (AvgIpc) is 2.18. The quantitative estimate of drug-likeness (QED) is 0.609. The van der Waals surface area contributed by atoms with Gasteiger partial charge >= 0.3 is 18.2 Å². The zero-order valence-electron chi connectivity index (χ0n) is 9.87. The maximum atomic E-state index is 3.59. The fourth-order valence-corrected chi connectivity index (χ4v) is 3.37. The van der Waals surface area contributed by atoms with Crippen molar-refractivity contribution in [2.45, 2.75) is 6.17 Å². The van der Waals surface area contributed by atoms with E-state index < -0.39 is 0 Å². The summed E-state index contributed by atoms with van der Waals surface area (Å²) in [6.45, 7) is 0. The molecule has 0 atom stereocenters. The molecule has 80 valence electrons. The van der Waals surface area contributed by atoms with Gasteiger partial charge in [0.1, 0.15) is 0 Å². The third-order valence-corrected chi connectivity index (χ3v) is 5.13. The van der Waals surface area contributed by atoms with Crippen molar-refractivity contribution in [1.82, 2.24) is 9.80 Å². The van der Waals surface area contributed by atoms with Gasteiger partial charge in [0.05, 0.1) is 6.17 Å². The highest BCUT2D eigenvalue weighted by Crippen LogP contribution is 2.18. The second-order valence-electron chi connectivity index (χ2n) is 4.18. The number of rotatable bonds is 4. The molecule has 0 fully saturated rings. The first-order chi connectivity index (χ1) is 7.06. The van der Waals surface area contributed by atoms with Crippen molar-refractivity contribution in [1.29, 1.82) is 0 Å². The Balaban J connectivity index is 2.92. The summed E-state index contributed by atoms with van der Waals surface area (Å²) in [6, 6.07) is 8.93. The lowest BCUT2D eigenvalue weighted by Gasteiger charge is -2.31. The molecule has 0 unspecified atom stereocenters. The molecule has 0 radical (unpaired) electrons. The van der Waals surface area contributed by atoms with Crippen LogP contribution in [-0.2, 0) is 0 Å². The van der Waals surface area contributed by atoms with Crippen molar-refractivity contribution in [2.24, 2.45) is 0 Å². The summed E-state index contributed by atoms with van der Waals surface area (Å²) < 4.78 is 1.45. The first-order valence-electron chi connectivity index (χ1n) is 5.04. The van der Waals surface area contributed by atoms with Crippen molar-refractivity contribution in [3.05, 3.63) is 29.8 Å². The van der Waals surface area contributed by atoms with Crippen molar-refractivity contribution < 1.29 is 0 Å². The average molecular weight is 281 g/mol. The monoisotopic (exact) mass is 280 g/mol. The van der Waals surface area contributed by atoms with Crippen molar-refractivity contribution in [3.8, 4) is 0 Å². The van der Waals surface area contributed by atoms with Crippen LogP contribution in [0, 0.1) is 0 Å². The molecule has 0 aliphatic carbocycles. The van der Waals surface area contributed by atoms with Gasteiger partial charge in [-0.05, 0) is 33.8 Å². The van der Waals surface area contributed by atoms with Gasteiger partial charge in [0.2, 0.25) is 0 Å². The third-order valence-electron chi connectivity index (χ3n) is 2.41. The van der Waals surface area contributed by atoms with Crippen LogP contribution in [0.5, 0.6) is 0 Å². The molecule has 1 rings (SSSR count). The predicted octanol–water partition coefficient (Wildman–Crippen LogP) is 1.45. The smallest absolute Gasteiger partial charge is 0.296 e. The molecule has 0 heterocycles. The second kappa shape index (κ2) is 6.20. The molecule has 1 aromatic rings. The Morgan fingerprint density at radius 2 is 1.47 bits per heavy atom. The van der Waals surface area contributed by atoms with Gasteiger partial charge in [-0.1, -0.05) is 24.3 Å². The minimum absolute atomic E-state index is 0.203. The van der Waals surface area contributed by atoms with E-state index in [1.807, 2.05) is 0 Å². The molecule has 0 spiro atoms. The van der Waals surface area contributed by atoms with E-state index in [9.17, 15) is 0 Å². The Kier molecular flexibility index (Phi) is 5.56. The summed E-state index contributed by atoms with van der Waals surface area (Å²) in [5.41, 5.74) is 1.35. The Bertz CT molecular complexity index is 290. The number of halogens is 1. The molecular formula is C11H17BrMgN2. The van der Waals surface area contributed by atoms with Gasteiger partial charge in [0.25, 0.3) is 0 Å². The van der Waals surface area contributed by atoms with E-state index in [1.54, 1.807) is 0 Å². The minimum atomic E-state index is -0.203. The topological polar surface area (TPSA) is 6.48 Å². The summed E-state index contributed by atoms with van der Waals surface area (Å²) in [4.78, 5) is 4.45. The minimum Gasteiger partial charge on any atom is -0.296 e. The maximum absolute atomic E-state index is 3.59. The van der Waals surface area contributed by atoms with Gasteiger partial charge in [0, 0.05) is 0 Å². The molecule has 0 aliphatic rings. The number of benzene rings is 1. The Hall–Kier alpha value is 0.386. The van der Waals surface area contributed by atoms with Crippen LogP contribution in [0.2, 0.25) is 0 Å². The van der Waals surface area contributed by atoms with Crippen LogP contribution in [-0.4, -0.2) is 56.2 Å². The maximum Gasteiger partial charge on any atom is 0.506 e. The summed E-state index contributed by atoms with van der Waals surface area (Å²) in [5.74, 6) is 0. The summed E-state index contributed by atoms with van der Waals surface area (Å²) in [5, 5.41) is 0. The van der Waals surface area contributed by atoms with E-state index in [-0.39, 0.29) is 18.2 Å². The van der Waals surface area contributed by atoms with Crippen LogP contribution in [0.1, 0.15) is 11.7 Å². The standard InChI is InChI=1S/C11H17N2.BrH.Mg/c1-12(2)11(13(3)4)10-8-6-5-7-9-10;;/h6-9,11H,1-4H3;1H;/q;;+1/p-1. The van der Waals surface area contributed by atoms with Crippen LogP contribution in [0.25, 0.3) is 0 Å². The van der Waals surface area contributed by atoms with E-state index >= 15 is 0 Å². The highest BCUT2D eigenvalue weighted by atomic mass is 79.9. The fourth-order valence-electron chi connectivity index (χ4n) is 1.84. The normalized spacial score (nSPS) is 11.2. The molecule has 0 aliphatic heterocycles. The van der Waals surface area contributed by atoms with Crippen LogP contribution in [0.4, 0.5) is 0 Å². The summed E-state index contributed by atoms with van der Waals surface area (Å²) in [6.07, 6.45) is 0.357. The Labute approximate surface area is 108 Å². The number of hydrogen-bond acceptors (Lipinski definition) is 2. The molecule has 0 saturated heterocycles. The molecule has 0 bridgehead atoms. The highest BCUT2D eigenvalue weighted by Gasteiger charge is 2.15. The Morgan fingerprint density at radius 1 is 1.00 bits per heavy atom. The lowest BCUT2D eigenvalue weighted by molar-refractivity contribution is 0.131. The van der Waals surface area contributed by atoms with Gasteiger partial charge < -0.3 is 0 Å². The molecule has 15 heavy (non-hydrogen) atoms. The number of nitrogens with zero attached hydrogens (tertiary/aromatic N) is 2. The third kappa shape index (κ3) is 3.71.